The molecular formula is C23H34N2O6. The van der Waals surface area contributed by atoms with Gasteiger partial charge >= 0.3 is 5.97 Å². The minimum Gasteiger partial charge on any atom is -0.493 e. The van der Waals surface area contributed by atoms with E-state index in [1.807, 2.05) is 6.92 Å². The van der Waals surface area contributed by atoms with Crippen molar-refractivity contribution in [1.82, 2.24) is 4.90 Å². The van der Waals surface area contributed by atoms with Gasteiger partial charge in [0.2, 0.25) is 5.91 Å². The molecule has 8 nitrogen and oxygen atoms in total. The molecule has 8 heteroatoms. The SMILES string of the molecule is CCCN(CC1CC1)C(=O)COC(=O)c1cc(OC)c(OC)cc1NC(=O)C(C)(C)C. The van der Waals surface area contributed by atoms with Crippen molar-refractivity contribution in [3.05, 3.63) is 17.7 Å². The number of nitrogens with zero attached hydrogens (tertiary/aromatic N) is 1. The molecular weight excluding hydrogens is 400 g/mol. The minimum atomic E-state index is -0.721. The van der Waals surface area contributed by atoms with E-state index < -0.39 is 11.4 Å². The lowest BCUT2D eigenvalue weighted by Crippen LogP contribution is -2.37. The first kappa shape index (κ1) is 24.5. The summed E-state index contributed by atoms with van der Waals surface area (Å²) in [7, 11) is 2.91. The zero-order valence-corrected chi connectivity index (χ0v) is 19.4. The summed E-state index contributed by atoms with van der Waals surface area (Å²) < 4.78 is 15.9. The van der Waals surface area contributed by atoms with Crippen LogP contribution in [0.3, 0.4) is 0 Å². The number of carbonyl (C=O) groups is 3. The molecule has 0 radical (unpaired) electrons. The smallest absolute Gasteiger partial charge is 0.340 e. The van der Waals surface area contributed by atoms with Crippen LogP contribution in [0.25, 0.3) is 0 Å². The zero-order valence-electron chi connectivity index (χ0n) is 19.4. The highest BCUT2D eigenvalue weighted by atomic mass is 16.5. The largest absolute Gasteiger partial charge is 0.493 e. The normalized spacial score (nSPS) is 13.4. The molecule has 1 aliphatic carbocycles. The van der Waals surface area contributed by atoms with Gasteiger partial charge in [-0.25, -0.2) is 4.79 Å². The second-order valence-electron chi connectivity index (χ2n) is 8.82. The summed E-state index contributed by atoms with van der Waals surface area (Å²) in [4.78, 5) is 39.7. The Hall–Kier alpha value is -2.77. The summed E-state index contributed by atoms with van der Waals surface area (Å²) in [6.45, 7) is 8.29. The molecule has 1 aromatic rings. The van der Waals surface area contributed by atoms with E-state index >= 15 is 0 Å². The van der Waals surface area contributed by atoms with Gasteiger partial charge in [-0.15, -0.1) is 0 Å². The molecule has 0 spiro atoms. The third-order valence-electron chi connectivity index (χ3n) is 5.02. The number of ether oxygens (including phenoxy) is 3. The topological polar surface area (TPSA) is 94.2 Å². The van der Waals surface area contributed by atoms with E-state index in [9.17, 15) is 14.4 Å². The quantitative estimate of drug-likeness (QED) is 0.567. The number of hydrogen-bond acceptors (Lipinski definition) is 6. The molecule has 31 heavy (non-hydrogen) atoms. The van der Waals surface area contributed by atoms with Gasteiger partial charge in [0.1, 0.15) is 0 Å². The Bertz CT molecular complexity index is 811. The average Bonchev–Trinajstić information content (AvgIpc) is 3.54. The average molecular weight is 435 g/mol. The molecule has 1 fully saturated rings. The third-order valence-corrected chi connectivity index (χ3v) is 5.02. The summed E-state index contributed by atoms with van der Waals surface area (Å²) in [5.41, 5.74) is -0.348. The Labute approximate surface area is 184 Å². The predicted octanol–water partition coefficient (Wildman–Crippen LogP) is 3.49. The van der Waals surface area contributed by atoms with Crippen molar-refractivity contribution in [3.63, 3.8) is 0 Å². The highest BCUT2D eigenvalue weighted by Gasteiger charge is 2.28. The van der Waals surface area contributed by atoms with Gasteiger partial charge in [-0.05, 0) is 25.2 Å². The summed E-state index contributed by atoms with van der Waals surface area (Å²) in [5, 5.41) is 2.75. The van der Waals surface area contributed by atoms with E-state index in [1.165, 1.54) is 26.4 Å². The van der Waals surface area contributed by atoms with E-state index in [4.69, 9.17) is 14.2 Å². The van der Waals surface area contributed by atoms with Crippen LogP contribution in [0, 0.1) is 11.3 Å². The van der Waals surface area contributed by atoms with E-state index in [-0.39, 0.29) is 29.7 Å². The maximum Gasteiger partial charge on any atom is 0.340 e. The van der Waals surface area contributed by atoms with Crippen LogP contribution in [0.5, 0.6) is 11.5 Å². The number of nitrogens with one attached hydrogen (secondary N) is 1. The predicted molar refractivity (Wildman–Crippen MR) is 118 cm³/mol. The lowest BCUT2D eigenvalue weighted by molar-refractivity contribution is -0.134. The van der Waals surface area contributed by atoms with Gasteiger partial charge in [-0.2, -0.15) is 0 Å². The first-order valence-electron chi connectivity index (χ1n) is 10.6. The molecule has 1 N–H and O–H groups in total. The Kier molecular flexibility index (Phi) is 8.30. The fourth-order valence-electron chi connectivity index (χ4n) is 2.96. The van der Waals surface area contributed by atoms with Crippen LogP contribution in [-0.4, -0.2) is 56.6 Å². The molecule has 0 saturated heterocycles. The molecule has 1 aromatic carbocycles. The van der Waals surface area contributed by atoms with E-state index in [0.717, 1.165) is 19.3 Å². The van der Waals surface area contributed by atoms with E-state index in [1.54, 1.807) is 25.7 Å². The third kappa shape index (κ3) is 6.87. The van der Waals surface area contributed by atoms with Crippen molar-refractivity contribution in [2.75, 3.05) is 39.2 Å². The fraction of sp³-hybridized carbons (Fsp3) is 0.609. The molecule has 0 bridgehead atoms. The monoisotopic (exact) mass is 434 g/mol. The molecule has 0 atom stereocenters. The van der Waals surface area contributed by atoms with Crippen LogP contribution in [-0.2, 0) is 14.3 Å². The van der Waals surface area contributed by atoms with Crippen molar-refractivity contribution in [3.8, 4) is 11.5 Å². The molecule has 0 unspecified atom stereocenters. The van der Waals surface area contributed by atoms with Crippen molar-refractivity contribution < 1.29 is 28.6 Å². The van der Waals surface area contributed by atoms with Crippen molar-refractivity contribution in [1.29, 1.82) is 0 Å². The highest BCUT2D eigenvalue weighted by Crippen LogP contribution is 2.34. The molecule has 1 saturated carbocycles. The maximum atomic E-state index is 12.8. The van der Waals surface area contributed by atoms with Crippen LogP contribution in [0.1, 0.15) is 57.3 Å². The number of amides is 2. The minimum absolute atomic E-state index is 0.0901. The molecule has 2 rings (SSSR count). The van der Waals surface area contributed by atoms with Crippen LogP contribution < -0.4 is 14.8 Å². The Morgan fingerprint density at radius 1 is 1.10 bits per heavy atom. The van der Waals surface area contributed by atoms with E-state index in [0.29, 0.717) is 30.5 Å². The molecule has 0 aliphatic heterocycles. The number of hydrogen-bond donors (Lipinski definition) is 1. The molecule has 2 amide bonds. The van der Waals surface area contributed by atoms with Gasteiger partial charge < -0.3 is 24.4 Å². The zero-order chi connectivity index (χ0) is 23.2. The number of methoxy groups -OCH3 is 2. The fourth-order valence-corrected chi connectivity index (χ4v) is 2.96. The number of esters is 1. The number of carbonyl (C=O) groups excluding carboxylic acids is 3. The first-order valence-corrected chi connectivity index (χ1v) is 10.6. The van der Waals surface area contributed by atoms with Crippen LogP contribution in [0.2, 0.25) is 0 Å². The van der Waals surface area contributed by atoms with Gasteiger partial charge in [-0.3, -0.25) is 9.59 Å². The van der Waals surface area contributed by atoms with Gasteiger partial charge in [0, 0.05) is 30.6 Å². The first-order chi connectivity index (χ1) is 14.6. The van der Waals surface area contributed by atoms with Crippen LogP contribution in [0.4, 0.5) is 5.69 Å². The van der Waals surface area contributed by atoms with Crippen LogP contribution >= 0.6 is 0 Å². The van der Waals surface area contributed by atoms with Crippen molar-refractivity contribution in [2.45, 2.75) is 47.0 Å². The van der Waals surface area contributed by atoms with E-state index in [2.05, 4.69) is 5.32 Å². The number of anilines is 1. The summed E-state index contributed by atoms with van der Waals surface area (Å²) in [6, 6.07) is 2.95. The maximum absolute atomic E-state index is 12.8. The van der Waals surface area contributed by atoms with Gasteiger partial charge in [0.05, 0.1) is 25.5 Å². The summed E-state index contributed by atoms with van der Waals surface area (Å²) >= 11 is 0. The van der Waals surface area contributed by atoms with Crippen LogP contribution in [0.15, 0.2) is 12.1 Å². The lowest BCUT2D eigenvalue weighted by atomic mass is 9.95. The summed E-state index contributed by atoms with van der Waals surface area (Å²) in [6.07, 6.45) is 3.11. The van der Waals surface area contributed by atoms with Crippen molar-refractivity contribution in [2.24, 2.45) is 11.3 Å². The molecule has 1 aliphatic rings. The van der Waals surface area contributed by atoms with Crippen molar-refractivity contribution >= 4 is 23.5 Å². The summed E-state index contributed by atoms with van der Waals surface area (Å²) in [5.74, 6) is 0.0117. The van der Waals surface area contributed by atoms with Gasteiger partial charge in [-0.1, -0.05) is 27.7 Å². The lowest BCUT2D eigenvalue weighted by Gasteiger charge is -2.22. The molecule has 172 valence electrons. The number of rotatable bonds is 10. The standard InChI is InChI=1S/C23H34N2O6/c1-7-10-25(13-15-8-9-15)20(26)14-31-21(27)16-11-18(29-5)19(30-6)12-17(16)24-22(28)23(2,3)4/h11-12,15H,7-10,13-14H2,1-6H3,(H,24,28). The van der Waals surface area contributed by atoms with Gasteiger partial charge in [0.15, 0.2) is 18.1 Å². The Balaban J connectivity index is 2.20. The Morgan fingerprint density at radius 3 is 2.23 bits per heavy atom. The second kappa shape index (κ2) is 10.5. The molecule has 0 aromatic heterocycles. The highest BCUT2D eigenvalue weighted by molar-refractivity contribution is 6.04. The Morgan fingerprint density at radius 2 is 1.71 bits per heavy atom. The number of benzene rings is 1. The van der Waals surface area contributed by atoms with Gasteiger partial charge in [0.25, 0.3) is 5.91 Å². The second-order valence-corrected chi connectivity index (χ2v) is 8.82. The molecule has 0 heterocycles.